The van der Waals surface area contributed by atoms with Crippen LogP contribution in [0.15, 0.2) is 35.9 Å². The molecule has 0 radical (unpaired) electrons. The number of benzene rings is 1. The third-order valence-corrected chi connectivity index (χ3v) is 2.25. The summed E-state index contributed by atoms with van der Waals surface area (Å²) in [6, 6.07) is 5.44. The maximum absolute atomic E-state index is 9.67. The van der Waals surface area contributed by atoms with E-state index >= 15 is 0 Å². The van der Waals surface area contributed by atoms with Gasteiger partial charge in [-0.1, -0.05) is 29.9 Å². The van der Waals surface area contributed by atoms with E-state index in [2.05, 4.69) is 6.08 Å². The summed E-state index contributed by atoms with van der Waals surface area (Å²) >= 11 is 0. The molecule has 0 spiro atoms. The zero-order valence-electron chi connectivity index (χ0n) is 9.77. The second kappa shape index (κ2) is 6.13. The van der Waals surface area contributed by atoms with Crippen molar-refractivity contribution in [3.8, 4) is 5.75 Å². The summed E-state index contributed by atoms with van der Waals surface area (Å²) in [5.41, 5.74) is 3.13. The molecule has 0 aliphatic carbocycles. The average Bonchev–Trinajstić information content (AvgIpc) is 2.26. The predicted molar refractivity (Wildman–Crippen MR) is 67.4 cm³/mol. The number of aromatic hydroxyl groups is 1. The van der Waals surface area contributed by atoms with Crippen LogP contribution in [-0.4, -0.2) is 16.8 Å². The van der Waals surface area contributed by atoms with Crippen LogP contribution < -0.4 is 0 Å². The standard InChI is InChI=1S/C14H18O2/c1-11(2)5-7-13-10-12(4-3-9-15)6-8-14(13)16/h3-6,8,10,15-16H,7,9H2,1-2H3/b4-3+. The van der Waals surface area contributed by atoms with Crippen molar-refractivity contribution in [2.24, 2.45) is 0 Å². The van der Waals surface area contributed by atoms with Gasteiger partial charge >= 0.3 is 0 Å². The monoisotopic (exact) mass is 218 g/mol. The summed E-state index contributed by atoms with van der Waals surface area (Å²) in [5, 5.41) is 18.4. The van der Waals surface area contributed by atoms with E-state index in [0.29, 0.717) is 5.75 Å². The van der Waals surface area contributed by atoms with Crippen LogP contribution in [0.25, 0.3) is 6.08 Å². The Morgan fingerprint density at radius 1 is 1.31 bits per heavy atom. The zero-order valence-corrected chi connectivity index (χ0v) is 9.77. The number of allylic oxidation sites excluding steroid dienone is 2. The molecular weight excluding hydrogens is 200 g/mol. The lowest BCUT2D eigenvalue weighted by Crippen LogP contribution is -1.85. The van der Waals surface area contributed by atoms with E-state index in [1.165, 1.54) is 5.57 Å². The van der Waals surface area contributed by atoms with Crippen LogP contribution in [-0.2, 0) is 6.42 Å². The molecule has 0 saturated carbocycles. The molecule has 1 aromatic carbocycles. The molecule has 0 heterocycles. The van der Waals surface area contributed by atoms with E-state index in [4.69, 9.17) is 5.11 Å². The highest BCUT2D eigenvalue weighted by molar-refractivity contribution is 5.53. The van der Waals surface area contributed by atoms with Gasteiger partial charge in [0.25, 0.3) is 0 Å². The van der Waals surface area contributed by atoms with Gasteiger partial charge in [0.05, 0.1) is 6.61 Å². The molecule has 0 fully saturated rings. The Morgan fingerprint density at radius 2 is 2.06 bits per heavy atom. The maximum atomic E-state index is 9.67. The minimum atomic E-state index is 0.0319. The van der Waals surface area contributed by atoms with Crippen molar-refractivity contribution in [2.75, 3.05) is 6.61 Å². The molecule has 2 heteroatoms. The van der Waals surface area contributed by atoms with Gasteiger partial charge in [-0.3, -0.25) is 0 Å². The highest BCUT2D eigenvalue weighted by Crippen LogP contribution is 2.20. The average molecular weight is 218 g/mol. The normalized spacial score (nSPS) is 10.7. The van der Waals surface area contributed by atoms with E-state index in [0.717, 1.165) is 17.5 Å². The van der Waals surface area contributed by atoms with Crippen molar-refractivity contribution in [3.63, 3.8) is 0 Å². The first-order valence-corrected chi connectivity index (χ1v) is 5.36. The fraction of sp³-hybridized carbons (Fsp3) is 0.286. The van der Waals surface area contributed by atoms with Gasteiger partial charge in [0, 0.05) is 0 Å². The fourth-order valence-electron chi connectivity index (χ4n) is 1.38. The van der Waals surface area contributed by atoms with E-state index in [-0.39, 0.29) is 6.61 Å². The number of hydrogen-bond acceptors (Lipinski definition) is 2. The third kappa shape index (κ3) is 3.91. The molecule has 0 bridgehead atoms. The summed E-state index contributed by atoms with van der Waals surface area (Å²) in [7, 11) is 0. The largest absolute Gasteiger partial charge is 0.508 e. The first-order chi connectivity index (χ1) is 7.63. The number of aliphatic hydroxyl groups is 1. The number of rotatable bonds is 4. The maximum Gasteiger partial charge on any atom is 0.119 e. The Morgan fingerprint density at radius 3 is 2.69 bits per heavy atom. The van der Waals surface area contributed by atoms with Gasteiger partial charge in [-0.2, -0.15) is 0 Å². The van der Waals surface area contributed by atoms with Crippen molar-refractivity contribution in [1.29, 1.82) is 0 Å². The number of phenols is 1. The minimum absolute atomic E-state index is 0.0319. The van der Waals surface area contributed by atoms with Crippen LogP contribution >= 0.6 is 0 Å². The molecule has 1 rings (SSSR count). The molecule has 0 aliphatic rings. The zero-order chi connectivity index (χ0) is 12.0. The molecule has 2 nitrogen and oxygen atoms in total. The summed E-state index contributed by atoms with van der Waals surface area (Å²) in [5.74, 6) is 0.318. The molecule has 86 valence electrons. The summed E-state index contributed by atoms with van der Waals surface area (Å²) in [4.78, 5) is 0. The Kier molecular flexibility index (Phi) is 4.80. The number of aliphatic hydroxyl groups excluding tert-OH is 1. The van der Waals surface area contributed by atoms with Gasteiger partial charge in [0.15, 0.2) is 0 Å². The van der Waals surface area contributed by atoms with Gasteiger partial charge in [-0.05, 0) is 43.5 Å². The minimum Gasteiger partial charge on any atom is -0.508 e. The van der Waals surface area contributed by atoms with E-state index in [1.54, 1.807) is 12.1 Å². The smallest absolute Gasteiger partial charge is 0.119 e. The van der Waals surface area contributed by atoms with Crippen molar-refractivity contribution in [1.82, 2.24) is 0 Å². The van der Waals surface area contributed by atoms with Gasteiger partial charge in [0.2, 0.25) is 0 Å². The molecule has 0 atom stereocenters. The number of hydrogen-bond donors (Lipinski definition) is 2. The van der Waals surface area contributed by atoms with Crippen LogP contribution in [0.1, 0.15) is 25.0 Å². The lowest BCUT2D eigenvalue weighted by atomic mass is 10.1. The van der Waals surface area contributed by atoms with Crippen LogP contribution in [0.4, 0.5) is 0 Å². The SMILES string of the molecule is CC(C)=CCc1cc(/C=C/CO)ccc1O. The van der Waals surface area contributed by atoms with Crippen molar-refractivity contribution in [3.05, 3.63) is 47.1 Å². The second-order valence-corrected chi connectivity index (χ2v) is 3.96. The summed E-state index contributed by atoms with van der Waals surface area (Å²) in [6.07, 6.45) is 6.33. The molecule has 0 aromatic heterocycles. The first-order valence-electron chi connectivity index (χ1n) is 5.36. The van der Waals surface area contributed by atoms with Gasteiger partial charge in [-0.25, -0.2) is 0 Å². The molecule has 1 aromatic rings. The number of phenolic OH excluding ortho intramolecular Hbond substituents is 1. The van der Waals surface area contributed by atoms with Crippen LogP contribution in [0.2, 0.25) is 0 Å². The third-order valence-electron chi connectivity index (χ3n) is 2.25. The Bertz CT molecular complexity index is 399. The van der Waals surface area contributed by atoms with Gasteiger partial charge < -0.3 is 10.2 Å². The van der Waals surface area contributed by atoms with Crippen molar-refractivity contribution >= 4 is 6.08 Å². The van der Waals surface area contributed by atoms with Crippen LogP contribution in [0.5, 0.6) is 5.75 Å². The lowest BCUT2D eigenvalue weighted by molar-refractivity contribution is 0.343. The van der Waals surface area contributed by atoms with Crippen LogP contribution in [0.3, 0.4) is 0 Å². The molecule has 0 aliphatic heterocycles. The van der Waals surface area contributed by atoms with E-state index in [1.807, 2.05) is 32.1 Å². The van der Waals surface area contributed by atoms with Gasteiger partial charge in [0.1, 0.15) is 5.75 Å². The van der Waals surface area contributed by atoms with Gasteiger partial charge in [-0.15, -0.1) is 0 Å². The van der Waals surface area contributed by atoms with Crippen molar-refractivity contribution < 1.29 is 10.2 Å². The lowest BCUT2D eigenvalue weighted by Gasteiger charge is -2.03. The predicted octanol–water partition coefficient (Wildman–Crippen LogP) is 2.91. The summed E-state index contributed by atoms with van der Waals surface area (Å²) in [6.45, 7) is 4.10. The topological polar surface area (TPSA) is 40.5 Å². The van der Waals surface area contributed by atoms with Crippen LogP contribution in [0, 0.1) is 0 Å². The quantitative estimate of drug-likeness (QED) is 0.763. The molecular formula is C14H18O2. The molecule has 0 saturated heterocycles. The van der Waals surface area contributed by atoms with Crippen molar-refractivity contribution in [2.45, 2.75) is 20.3 Å². The highest BCUT2D eigenvalue weighted by Gasteiger charge is 1.99. The molecule has 0 amide bonds. The second-order valence-electron chi connectivity index (χ2n) is 3.96. The van der Waals surface area contributed by atoms with E-state index < -0.39 is 0 Å². The first kappa shape index (κ1) is 12.5. The fourth-order valence-corrected chi connectivity index (χ4v) is 1.38. The summed E-state index contributed by atoms with van der Waals surface area (Å²) < 4.78 is 0. The van der Waals surface area contributed by atoms with E-state index in [9.17, 15) is 5.11 Å². The Balaban J connectivity index is 2.90. The molecule has 16 heavy (non-hydrogen) atoms. The Hall–Kier alpha value is -1.54. The molecule has 0 unspecified atom stereocenters. The highest BCUT2D eigenvalue weighted by atomic mass is 16.3. The Labute approximate surface area is 96.6 Å². The molecule has 2 N–H and O–H groups in total.